The van der Waals surface area contributed by atoms with Crippen molar-refractivity contribution in [2.24, 2.45) is 0 Å². The number of aromatic nitrogens is 6. The summed E-state index contributed by atoms with van der Waals surface area (Å²) >= 11 is 0. The quantitative estimate of drug-likeness (QED) is 0.373. The molecule has 0 bridgehead atoms. The molecule has 13 heavy (non-hydrogen) atoms. The number of rotatable bonds is 2. The zero-order valence-electron chi connectivity index (χ0n) is 6.85. The third-order valence-electron chi connectivity index (χ3n) is 1.49. The monoisotopic (exact) mass is 182 g/mol. The third kappa shape index (κ3) is 1.55. The van der Waals surface area contributed by atoms with Crippen molar-refractivity contribution in [1.82, 2.24) is 19.6 Å². The van der Waals surface area contributed by atoms with Gasteiger partial charge in [-0.3, -0.25) is 11.7 Å². The molecule has 2 aromatic rings. The second kappa shape index (κ2) is 2.73. The molecule has 0 aliphatic carbocycles. The number of nitrogens with zero attached hydrogens (tertiary/aromatic N) is 6. The maximum Gasteiger partial charge on any atom is 0.286 e. The van der Waals surface area contributed by atoms with Crippen LogP contribution in [0.5, 0.6) is 0 Å². The molecule has 0 aliphatic heterocycles. The van der Waals surface area contributed by atoms with Crippen molar-refractivity contribution < 1.29 is 9.35 Å². The van der Waals surface area contributed by atoms with E-state index in [9.17, 15) is 0 Å². The zero-order valence-corrected chi connectivity index (χ0v) is 6.85. The molecule has 0 fully saturated rings. The van der Waals surface area contributed by atoms with Gasteiger partial charge in [-0.1, -0.05) is 9.36 Å². The van der Waals surface area contributed by atoms with Crippen LogP contribution in [0.25, 0.3) is 0 Å². The summed E-state index contributed by atoms with van der Waals surface area (Å²) in [5.41, 5.74) is 0. The summed E-state index contributed by atoms with van der Waals surface area (Å²) in [6.07, 6.45) is 6.28. The molecule has 0 saturated heterocycles. The topological polar surface area (TPSA) is 95.4 Å². The van der Waals surface area contributed by atoms with Gasteiger partial charge in [-0.2, -0.15) is 0 Å². The summed E-state index contributed by atoms with van der Waals surface area (Å²) in [5.74, 6) is 10.8. The number of nitrogen functional groups attached to an aromatic ring is 2. The van der Waals surface area contributed by atoms with E-state index in [4.69, 9.17) is 11.7 Å². The molecule has 8 nitrogen and oxygen atoms in total. The Bertz CT molecular complexity index is 362. The molecule has 2 aromatic heterocycles. The van der Waals surface area contributed by atoms with Crippen molar-refractivity contribution in [2.45, 2.75) is 6.67 Å². The average Bonchev–Trinajstić information content (AvgIpc) is 2.62. The molecule has 68 valence electrons. The highest BCUT2D eigenvalue weighted by molar-refractivity contribution is 4.49. The Morgan fingerprint density at radius 3 is 1.77 bits per heavy atom. The zero-order chi connectivity index (χ0) is 9.26. The van der Waals surface area contributed by atoms with Gasteiger partial charge >= 0.3 is 0 Å². The van der Waals surface area contributed by atoms with Crippen molar-refractivity contribution in [3.8, 4) is 0 Å². The van der Waals surface area contributed by atoms with E-state index < -0.39 is 0 Å². The second-order valence-corrected chi connectivity index (χ2v) is 2.61. The van der Waals surface area contributed by atoms with Crippen LogP contribution in [0.15, 0.2) is 25.3 Å². The van der Waals surface area contributed by atoms with Gasteiger partial charge in [0.15, 0.2) is 0 Å². The van der Waals surface area contributed by atoms with Crippen molar-refractivity contribution >= 4 is 0 Å². The summed E-state index contributed by atoms with van der Waals surface area (Å²) in [6.45, 7) is 0.481. The molecule has 0 amide bonds. The summed E-state index contributed by atoms with van der Waals surface area (Å²) < 4.78 is 5.99. The Morgan fingerprint density at radius 2 is 1.46 bits per heavy atom. The Morgan fingerprint density at radius 1 is 1.00 bits per heavy atom. The van der Waals surface area contributed by atoms with Gasteiger partial charge in [-0.05, 0) is 0 Å². The number of hydrogen-bond acceptors (Lipinski definition) is 4. The third-order valence-corrected chi connectivity index (χ3v) is 1.49. The smallest absolute Gasteiger partial charge is 0.286 e. The molecule has 0 radical (unpaired) electrons. The highest BCUT2D eigenvalue weighted by atomic mass is 15.5. The van der Waals surface area contributed by atoms with Crippen molar-refractivity contribution in [3.05, 3.63) is 25.3 Å². The van der Waals surface area contributed by atoms with Gasteiger partial charge in [-0.15, -0.1) is 9.35 Å². The fourth-order valence-corrected chi connectivity index (χ4v) is 0.974. The first-order valence-corrected chi connectivity index (χ1v) is 3.61. The maximum atomic E-state index is 5.41. The van der Waals surface area contributed by atoms with Gasteiger partial charge in [-0.25, -0.2) is 0 Å². The normalized spacial score (nSPS) is 10.5. The largest absolute Gasteiger partial charge is 0.289 e. The molecule has 2 rings (SSSR count). The van der Waals surface area contributed by atoms with Crippen molar-refractivity contribution in [2.75, 3.05) is 11.7 Å². The number of hydrogen-bond donors (Lipinski definition) is 2. The van der Waals surface area contributed by atoms with E-state index in [-0.39, 0.29) is 0 Å². The Labute approximate surface area is 73.5 Å². The fraction of sp³-hybridized carbons (Fsp3) is 0.200. The van der Waals surface area contributed by atoms with Crippen molar-refractivity contribution in [3.63, 3.8) is 0 Å². The van der Waals surface area contributed by atoms with Gasteiger partial charge in [0.2, 0.25) is 12.7 Å². The summed E-state index contributed by atoms with van der Waals surface area (Å²) in [7, 11) is 0. The van der Waals surface area contributed by atoms with Crippen LogP contribution in [0.2, 0.25) is 0 Å². The van der Waals surface area contributed by atoms with Crippen molar-refractivity contribution in [1.29, 1.82) is 0 Å². The molecular formula is C5H10N8+2. The summed E-state index contributed by atoms with van der Waals surface area (Å²) in [4.78, 5) is 0. The first-order chi connectivity index (χ1) is 6.24. The molecule has 4 N–H and O–H groups in total. The Hall–Kier alpha value is -2.12. The highest BCUT2D eigenvalue weighted by Gasteiger charge is 2.09. The predicted octanol–water partition coefficient (Wildman–Crippen LogP) is -3.41. The second-order valence-electron chi connectivity index (χ2n) is 2.61. The maximum absolute atomic E-state index is 5.41. The van der Waals surface area contributed by atoms with E-state index in [1.807, 2.05) is 0 Å². The van der Waals surface area contributed by atoms with Crippen LogP contribution < -0.4 is 21.0 Å². The van der Waals surface area contributed by atoms with E-state index in [0.29, 0.717) is 6.67 Å². The van der Waals surface area contributed by atoms with Crippen LogP contribution in [0, 0.1) is 0 Å². The van der Waals surface area contributed by atoms with E-state index in [2.05, 4.69) is 10.2 Å². The summed E-state index contributed by atoms with van der Waals surface area (Å²) in [6, 6.07) is 0. The molecule has 0 atom stereocenters. The fourth-order valence-electron chi connectivity index (χ4n) is 0.974. The van der Waals surface area contributed by atoms with Gasteiger partial charge in [0.05, 0.1) is 0 Å². The van der Waals surface area contributed by atoms with Gasteiger partial charge in [0.25, 0.3) is 19.3 Å². The first kappa shape index (κ1) is 7.53. The van der Waals surface area contributed by atoms with Crippen LogP contribution in [0.4, 0.5) is 0 Å². The summed E-state index contributed by atoms with van der Waals surface area (Å²) in [5, 5.41) is 7.93. The lowest BCUT2D eigenvalue weighted by Crippen LogP contribution is -2.42. The average molecular weight is 182 g/mol. The standard InChI is InChI=1S/C5H10N8/c6-10-1-8-12(3-10)5-13-4-11(7)2-9-13/h1-4H,5-7H2/q+2. The number of nitrogens with two attached hydrogens (primary N) is 2. The van der Waals surface area contributed by atoms with Crippen LogP contribution in [0.3, 0.4) is 0 Å². The Balaban J connectivity index is 2.14. The lowest BCUT2D eigenvalue weighted by molar-refractivity contribution is -0.640. The molecule has 0 aromatic carbocycles. The lowest BCUT2D eigenvalue weighted by atomic mass is 11.0. The minimum absolute atomic E-state index is 0.481. The van der Waals surface area contributed by atoms with E-state index in [1.165, 1.54) is 22.0 Å². The first-order valence-electron chi connectivity index (χ1n) is 3.61. The highest BCUT2D eigenvalue weighted by Crippen LogP contribution is 1.79. The molecule has 0 spiro atoms. The van der Waals surface area contributed by atoms with E-state index in [0.717, 1.165) is 0 Å². The van der Waals surface area contributed by atoms with Crippen LogP contribution in [-0.4, -0.2) is 19.6 Å². The van der Waals surface area contributed by atoms with E-state index >= 15 is 0 Å². The minimum atomic E-state index is 0.481. The molecule has 0 saturated carbocycles. The lowest BCUT2D eigenvalue weighted by Gasteiger charge is -1.84. The van der Waals surface area contributed by atoms with Crippen LogP contribution in [-0.2, 0) is 6.67 Å². The molecule has 8 heteroatoms. The molecular weight excluding hydrogens is 172 g/mol. The van der Waals surface area contributed by atoms with Gasteiger partial charge < -0.3 is 0 Å². The van der Waals surface area contributed by atoms with Crippen LogP contribution in [0.1, 0.15) is 0 Å². The van der Waals surface area contributed by atoms with Crippen LogP contribution >= 0.6 is 0 Å². The Kier molecular flexibility index (Phi) is 1.58. The SMILES string of the molecule is N[n+]1cnn(Cn2c[n+](N)cn2)c1. The molecule has 0 unspecified atom stereocenters. The molecule has 2 heterocycles. The minimum Gasteiger partial charge on any atom is -0.289 e. The van der Waals surface area contributed by atoms with Gasteiger partial charge in [0.1, 0.15) is 0 Å². The predicted molar refractivity (Wildman–Crippen MR) is 40.5 cm³/mol. The van der Waals surface area contributed by atoms with E-state index in [1.54, 1.807) is 22.0 Å². The molecule has 0 aliphatic rings. The van der Waals surface area contributed by atoms with Gasteiger partial charge in [0, 0.05) is 10.2 Å².